The molecule has 0 spiro atoms. The summed E-state index contributed by atoms with van der Waals surface area (Å²) in [4.78, 5) is 0. The zero-order valence-corrected chi connectivity index (χ0v) is 17.4. The molecule has 1 nitrogen and oxygen atoms in total. The molecule has 4 aromatic rings. The van der Waals surface area contributed by atoms with Crippen LogP contribution in [0.4, 0.5) is 0 Å². The average Bonchev–Trinajstić information content (AvgIpc) is 3.00. The highest BCUT2D eigenvalue weighted by molar-refractivity contribution is 6.07. The van der Waals surface area contributed by atoms with Crippen LogP contribution in [0, 0.1) is 6.72 Å². The molecule has 0 saturated heterocycles. The minimum absolute atomic E-state index is 0.0283. The fraction of sp³-hybridized carbons (Fsp3) is 0.138. The molecule has 0 saturated carbocycles. The van der Waals surface area contributed by atoms with Gasteiger partial charge < -0.3 is 0 Å². The van der Waals surface area contributed by atoms with Crippen molar-refractivity contribution in [2.75, 3.05) is 0 Å². The summed E-state index contributed by atoms with van der Waals surface area (Å²) in [5, 5.41) is 6.25. The molecule has 3 aromatic carbocycles. The first-order chi connectivity index (χ1) is 14.6. The van der Waals surface area contributed by atoms with E-state index in [1.54, 1.807) is 0 Å². The van der Waals surface area contributed by atoms with Crippen LogP contribution in [0.2, 0.25) is 0 Å². The Kier molecular flexibility index (Phi) is 3.50. The van der Waals surface area contributed by atoms with Crippen LogP contribution >= 0.6 is 0 Å². The first-order valence-electron chi connectivity index (χ1n) is 10.6. The van der Waals surface area contributed by atoms with E-state index < -0.39 is 0 Å². The molecule has 0 aliphatic heterocycles. The van der Waals surface area contributed by atoms with E-state index in [4.69, 9.17) is 0 Å². The van der Waals surface area contributed by atoms with Crippen LogP contribution in [-0.2, 0) is 5.41 Å². The van der Waals surface area contributed by atoms with Gasteiger partial charge in [0.1, 0.15) is 6.72 Å². The first kappa shape index (κ1) is 17.4. The van der Waals surface area contributed by atoms with Gasteiger partial charge in [0.05, 0.1) is 5.39 Å². The van der Waals surface area contributed by atoms with Crippen molar-refractivity contribution in [1.29, 1.82) is 0 Å². The summed E-state index contributed by atoms with van der Waals surface area (Å²) in [7, 11) is 0. The lowest BCUT2D eigenvalue weighted by Gasteiger charge is -2.25. The summed E-state index contributed by atoms with van der Waals surface area (Å²) < 4.78 is 2.02. The van der Waals surface area contributed by atoms with Crippen molar-refractivity contribution in [3.63, 3.8) is 0 Å². The Morgan fingerprint density at radius 2 is 1.63 bits per heavy atom. The molecule has 6 rings (SSSR count). The fourth-order valence-corrected chi connectivity index (χ4v) is 5.49. The van der Waals surface area contributed by atoms with Gasteiger partial charge in [-0.25, -0.2) is 0 Å². The van der Waals surface area contributed by atoms with Crippen LogP contribution < -0.4 is 9.59 Å². The predicted molar refractivity (Wildman–Crippen MR) is 125 cm³/mol. The van der Waals surface area contributed by atoms with E-state index in [1.807, 2.05) is 4.24 Å². The van der Waals surface area contributed by atoms with Crippen LogP contribution in [-0.4, -0.2) is 0 Å². The monoisotopic (exact) mass is 386 g/mol. The summed E-state index contributed by atoms with van der Waals surface area (Å²) in [5.74, 6) is 0.369. The van der Waals surface area contributed by atoms with Crippen LogP contribution in [0.5, 0.6) is 0 Å². The van der Waals surface area contributed by atoms with Crippen molar-refractivity contribution in [1.82, 2.24) is 0 Å². The average molecular weight is 387 g/mol. The van der Waals surface area contributed by atoms with Crippen LogP contribution in [0.25, 0.3) is 27.1 Å². The Hall–Kier alpha value is -3.45. The molecule has 0 radical (unpaired) electrons. The summed E-state index contributed by atoms with van der Waals surface area (Å²) in [6.45, 7) is 9.02. The van der Waals surface area contributed by atoms with Gasteiger partial charge in [-0.15, -0.1) is 0 Å². The van der Waals surface area contributed by atoms with E-state index in [0.29, 0.717) is 5.92 Å². The second kappa shape index (κ2) is 6.03. The van der Waals surface area contributed by atoms with Gasteiger partial charge in [0.15, 0.2) is 6.20 Å². The Morgan fingerprint density at radius 3 is 2.53 bits per heavy atom. The standard InChI is InChI=1S/C29H24N/c1-29(2)26-11-7-6-10-23(26)24-14-13-20(18-27(24)29)28-25-15-12-19-8-4-5-9-21(19)22(25)16-17-30(28)3/h4-18,24H,3H2,1-2H3/q+1. The Bertz CT molecular complexity index is 1530. The van der Waals surface area contributed by atoms with Gasteiger partial charge in [-0.3, -0.25) is 0 Å². The third-order valence-corrected chi connectivity index (χ3v) is 7.01. The highest BCUT2D eigenvalue weighted by Gasteiger charge is 2.41. The number of aromatic nitrogens is 1. The maximum atomic E-state index is 4.32. The molecule has 1 aromatic heterocycles. The van der Waals surface area contributed by atoms with Gasteiger partial charge in [0.25, 0.3) is 0 Å². The molecule has 1 heterocycles. The van der Waals surface area contributed by atoms with E-state index >= 15 is 0 Å². The zero-order valence-electron chi connectivity index (χ0n) is 17.4. The predicted octanol–water partition coefficient (Wildman–Crippen LogP) is 5.64. The number of fused-ring (bicyclic) bond motifs is 6. The summed E-state index contributed by atoms with van der Waals surface area (Å²) in [5.41, 5.74) is 5.62. The summed E-state index contributed by atoms with van der Waals surface area (Å²) in [6.07, 6.45) is 9.16. The molecule has 0 amide bonds. The Balaban J connectivity index is 1.69. The number of pyridine rings is 1. The van der Waals surface area contributed by atoms with E-state index in [2.05, 4.69) is 112 Å². The molecule has 1 heteroatoms. The quantitative estimate of drug-likeness (QED) is 0.272. The van der Waals surface area contributed by atoms with Gasteiger partial charge in [-0.05, 0) is 39.6 Å². The number of allylic oxidation sites excluding steroid dienone is 4. The molecule has 30 heavy (non-hydrogen) atoms. The second-order valence-electron chi connectivity index (χ2n) is 8.99. The van der Waals surface area contributed by atoms with Gasteiger partial charge in [-0.1, -0.05) is 80.6 Å². The molecule has 2 aliphatic carbocycles. The highest BCUT2D eigenvalue weighted by Crippen LogP contribution is 2.52. The van der Waals surface area contributed by atoms with E-state index in [0.717, 1.165) is 0 Å². The number of nitrogens with zero attached hydrogens (tertiary/aromatic N) is 1. The molecular weight excluding hydrogens is 362 g/mol. The normalized spacial score (nSPS) is 20.9. The van der Waals surface area contributed by atoms with Crippen molar-refractivity contribution < 1.29 is 4.24 Å². The summed E-state index contributed by atoms with van der Waals surface area (Å²) >= 11 is 0. The van der Waals surface area contributed by atoms with Gasteiger partial charge >= 0.3 is 0 Å². The zero-order chi connectivity index (χ0) is 20.5. The molecule has 2 aliphatic rings. The second-order valence-corrected chi connectivity index (χ2v) is 8.99. The van der Waals surface area contributed by atoms with Gasteiger partial charge in [-0.2, -0.15) is 4.24 Å². The molecule has 0 fully saturated rings. The maximum Gasteiger partial charge on any atom is 0.225 e. The van der Waals surface area contributed by atoms with Crippen LogP contribution in [0.15, 0.2) is 96.7 Å². The minimum atomic E-state index is 0.0283. The summed E-state index contributed by atoms with van der Waals surface area (Å²) in [6, 6.07) is 24.1. The molecule has 0 bridgehead atoms. The van der Waals surface area contributed by atoms with Crippen molar-refractivity contribution in [2.24, 2.45) is 0 Å². The minimum Gasteiger partial charge on any atom is -0.173 e. The molecule has 1 unspecified atom stereocenters. The smallest absolute Gasteiger partial charge is 0.173 e. The lowest BCUT2D eigenvalue weighted by molar-refractivity contribution is -0.511. The number of hydrogen-bond acceptors (Lipinski definition) is 0. The van der Waals surface area contributed by atoms with Crippen molar-refractivity contribution >= 4 is 27.1 Å². The molecule has 144 valence electrons. The van der Waals surface area contributed by atoms with Crippen LogP contribution in [0.3, 0.4) is 0 Å². The molecule has 0 N–H and O–H groups in total. The lowest BCUT2D eigenvalue weighted by Crippen LogP contribution is -2.37. The Labute approximate surface area is 176 Å². The van der Waals surface area contributed by atoms with Crippen molar-refractivity contribution in [3.8, 4) is 0 Å². The van der Waals surface area contributed by atoms with E-state index in [9.17, 15) is 0 Å². The van der Waals surface area contributed by atoms with Gasteiger partial charge in [0.2, 0.25) is 5.35 Å². The molecular formula is C29H24N+. The number of benzene rings is 3. The number of hydrogen-bond donors (Lipinski definition) is 0. The third kappa shape index (κ3) is 2.26. The number of rotatable bonds is 0. The largest absolute Gasteiger partial charge is 0.225 e. The van der Waals surface area contributed by atoms with Crippen molar-refractivity contribution in [3.05, 3.63) is 120 Å². The highest BCUT2D eigenvalue weighted by atomic mass is 14.8. The van der Waals surface area contributed by atoms with Crippen molar-refractivity contribution in [2.45, 2.75) is 25.2 Å². The van der Waals surface area contributed by atoms with Crippen LogP contribution in [0.1, 0.15) is 30.9 Å². The van der Waals surface area contributed by atoms with E-state index in [-0.39, 0.29) is 5.41 Å². The lowest BCUT2D eigenvalue weighted by atomic mass is 9.78. The maximum absolute atomic E-state index is 4.32. The topological polar surface area (TPSA) is 5.90 Å². The fourth-order valence-electron chi connectivity index (χ4n) is 5.49. The SMILES string of the molecule is C=[n+]1ccc2c(ccc3ccccc32)c1=C1C=CC2C(=C1)C(C)(C)c1ccccc12. The Morgan fingerprint density at radius 1 is 0.833 bits per heavy atom. The first-order valence-corrected chi connectivity index (χ1v) is 10.6. The van der Waals surface area contributed by atoms with E-state index in [1.165, 1.54) is 49.2 Å². The third-order valence-electron chi connectivity index (χ3n) is 7.01. The molecule has 1 atom stereocenters. The van der Waals surface area contributed by atoms with Gasteiger partial charge in [0, 0.05) is 28.4 Å².